The third-order valence-electron chi connectivity index (χ3n) is 7.07. The fourth-order valence-electron chi connectivity index (χ4n) is 5.35. The highest BCUT2D eigenvalue weighted by atomic mass is 79.9. The van der Waals surface area contributed by atoms with Crippen molar-refractivity contribution in [3.8, 4) is 11.5 Å². The summed E-state index contributed by atoms with van der Waals surface area (Å²) in [6.45, 7) is 27.3. The van der Waals surface area contributed by atoms with Gasteiger partial charge in [-0.05, 0) is 89.4 Å². The number of nitrogens with zero attached hydrogens (tertiary/aromatic N) is 2. The Bertz CT molecular complexity index is 830. The van der Waals surface area contributed by atoms with Crippen molar-refractivity contribution in [2.24, 2.45) is 0 Å². The molecule has 0 radical (unpaired) electrons. The van der Waals surface area contributed by atoms with Gasteiger partial charge in [-0.3, -0.25) is 0 Å². The molecule has 0 aliphatic rings. The molecule has 2 aromatic heterocycles. The van der Waals surface area contributed by atoms with Crippen LogP contribution in [0, 0.1) is 0 Å². The van der Waals surface area contributed by atoms with Crippen molar-refractivity contribution in [3.63, 3.8) is 0 Å². The van der Waals surface area contributed by atoms with E-state index in [1.165, 1.54) is 6.20 Å². The van der Waals surface area contributed by atoms with Crippen LogP contribution in [0.25, 0.3) is 0 Å². The molecule has 2 aromatic rings. The summed E-state index contributed by atoms with van der Waals surface area (Å²) >= 11 is 13.2. The first-order valence-electron chi connectivity index (χ1n) is 13.2. The van der Waals surface area contributed by atoms with Gasteiger partial charge in [0.2, 0.25) is 0 Å². The molecule has 0 aromatic carbocycles. The smallest absolute Gasteiger partial charge is 0.258 e. The summed E-state index contributed by atoms with van der Waals surface area (Å²) in [5.41, 5.74) is 3.81. The normalized spacial score (nSPS) is 12.1. The van der Waals surface area contributed by atoms with Gasteiger partial charge >= 0.3 is 0 Å². The molecule has 0 fully saturated rings. The molecule has 0 spiro atoms. The average molecular weight is 697 g/mol. The van der Waals surface area contributed by atoms with Gasteiger partial charge in [0.25, 0.3) is 8.32 Å². The predicted molar refractivity (Wildman–Crippen MR) is 174 cm³/mol. The van der Waals surface area contributed by atoms with E-state index in [2.05, 4.69) is 125 Å². The molecule has 1 N–H and O–H groups in total. The largest absolute Gasteiger partial charge is 0.542 e. The quantitative estimate of drug-likeness (QED) is 0.170. The fourth-order valence-corrected chi connectivity index (χ4v) is 15.1. The van der Waals surface area contributed by atoms with Gasteiger partial charge in [0, 0.05) is 0 Å². The molecule has 9 heteroatoms. The zero-order chi connectivity index (χ0) is 29.1. The maximum absolute atomic E-state index is 8.67. The van der Waals surface area contributed by atoms with Crippen molar-refractivity contribution in [2.75, 3.05) is 0 Å². The summed E-state index contributed by atoms with van der Waals surface area (Å²) in [5, 5.41) is 8.67. The van der Waals surface area contributed by atoms with E-state index in [-0.39, 0.29) is 5.75 Å². The fraction of sp³-hybridized carbons (Fsp3) is 0.643. The lowest BCUT2D eigenvalue weighted by atomic mass is 10.5. The van der Waals surface area contributed by atoms with Gasteiger partial charge in [-0.1, -0.05) is 83.1 Å². The monoisotopic (exact) mass is 694 g/mol. The Hall–Kier alpha value is -0.416. The number of hydrogen-bond donors (Lipinski definition) is 1. The molecule has 0 aliphatic carbocycles. The summed E-state index contributed by atoms with van der Waals surface area (Å²) in [7, 11) is -3.35. The molecule has 0 bridgehead atoms. The van der Waals surface area contributed by atoms with E-state index < -0.39 is 15.7 Å². The Balaban J connectivity index is 0.000000579. The maximum atomic E-state index is 8.67. The first kappa shape index (κ1) is 36.6. The SMILES string of the molecule is CC(C)[Si](Cl)(C(C)C)C(C)C.CC(C)[Si](Oc1ccc(Br)nc1)(C(C)C)C(C)C.Oc1ccc(Br)nc1. The number of rotatable bonds is 8. The first-order valence-corrected chi connectivity index (χ1v) is 20.2. The lowest BCUT2D eigenvalue weighted by Gasteiger charge is -2.42. The van der Waals surface area contributed by atoms with Crippen molar-refractivity contribution < 1.29 is 9.53 Å². The van der Waals surface area contributed by atoms with Gasteiger partial charge in [-0.25, -0.2) is 9.97 Å². The number of halogens is 3. The zero-order valence-corrected chi connectivity index (χ0v) is 30.7. The third kappa shape index (κ3) is 10.9. The van der Waals surface area contributed by atoms with E-state index >= 15 is 0 Å². The van der Waals surface area contributed by atoms with Crippen LogP contribution in [0.2, 0.25) is 33.2 Å². The minimum Gasteiger partial charge on any atom is -0.542 e. The highest BCUT2D eigenvalue weighted by Gasteiger charge is 2.47. The second-order valence-corrected chi connectivity index (χ2v) is 25.4. The molecule has 0 atom stereocenters. The van der Waals surface area contributed by atoms with Gasteiger partial charge in [-0.15, -0.1) is 0 Å². The van der Waals surface area contributed by atoms with Crippen LogP contribution in [-0.4, -0.2) is 30.8 Å². The van der Waals surface area contributed by atoms with E-state index in [9.17, 15) is 0 Å². The molecule has 0 saturated heterocycles. The highest BCUT2D eigenvalue weighted by molar-refractivity contribution is 9.10. The van der Waals surface area contributed by atoms with E-state index in [0.717, 1.165) is 15.0 Å². The molecular weight excluding hydrogens is 648 g/mol. The Morgan fingerprint density at radius 3 is 1.24 bits per heavy atom. The lowest BCUT2D eigenvalue weighted by Crippen LogP contribution is -2.50. The van der Waals surface area contributed by atoms with Crippen LogP contribution in [0.5, 0.6) is 11.5 Å². The highest BCUT2D eigenvalue weighted by Crippen LogP contribution is 2.44. The number of aromatic hydroxyl groups is 1. The van der Waals surface area contributed by atoms with Gasteiger partial charge in [-0.2, -0.15) is 11.1 Å². The lowest BCUT2D eigenvalue weighted by molar-refractivity contribution is 0.472. The Kier molecular flexibility index (Phi) is 16.4. The van der Waals surface area contributed by atoms with Gasteiger partial charge in [0.05, 0.1) is 12.4 Å². The minimum atomic E-state index is -1.84. The summed E-state index contributed by atoms with van der Waals surface area (Å²) < 4.78 is 8.08. The molecule has 2 heterocycles. The van der Waals surface area contributed by atoms with Gasteiger partial charge in [0.1, 0.15) is 20.7 Å². The first-order chi connectivity index (χ1) is 16.9. The Morgan fingerprint density at radius 2 is 1.03 bits per heavy atom. The second-order valence-electron chi connectivity index (χ2n) is 11.4. The van der Waals surface area contributed by atoms with E-state index in [0.29, 0.717) is 33.2 Å². The van der Waals surface area contributed by atoms with Crippen LogP contribution >= 0.6 is 42.9 Å². The zero-order valence-electron chi connectivity index (χ0n) is 24.8. The van der Waals surface area contributed by atoms with E-state index in [4.69, 9.17) is 20.6 Å². The van der Waals surface area contributed by atoms with Crippen LogP contribution < -0.4 is 4.43 Å². The Morgan fingerprint density at radius 1 is 0.649 bits per heavy atom. The Labute approximate surface area is 250 Å². The average Bonchev–Trinajstić information content (AvgIpc) is 2.79. The summed E-state index contributed by atoms with van der Waals surface area (Å²) in [4.78, 5) is 8.00. The molecule has 0 saturated carbocycles. The van der Waals surface area contributed by atoms with Crippen molar-refractivity contribution >= 4 is 58.6 Å². The summed E-state index contributed by atoms with van der Waals surface area (Å²) in [6, 6.07) is 7.19. The third-order valence-corrected chi connectivity index (χ3v) is 23.2. The minimum absolute atomic E-state index is 0.188. The van der Waals surface area contributed by atoms with Crippen molar-refractivity contribution in [1.29, 1.82) is 0 Å². The summed E-state index contributed by atoms with van der Waals surface area (Å²) in [5.74, 6) is 1.09. The van der Waals surface area contributed by atoms with Crippen LogP contribution in [0.4, 0.5) is 0 Å². The van der Waals surface area contributed by atoms with Crippen LogP contribution in [0.3, 0.4) is 0 Å². The molecule has 212 valence electrons. The van der Waals surface area contributed by atoms with Gasteiger partial charge < -0.3 is 9.53 Å². The molecule has 0 aliphatic heterocycles. The van der Waals surface area contributed by atoms with Crippen LogP contribution in [0.15, 0.2) is 45.9 Å². The van der Waals surface area contributed by atoms with Crippen LogP contribution in [0.1, 0.15) is 83.1 Å². The van der Waals surface area contributed by atoms with Crippen molar-refractivity contribution in [1.82, 2.24) is 9.97 Å². The standard InChI is InChI=1S/C14H24BrNOSi.C9H21ClSi.C5H4BrNO/c1-10(2)18(11(3)4,12(5)6)17-13-7-8-14(15)16-9-13;1-7(2)11(10,8(3)4)9(5)6;6-5-2-1-4(8)3-7-5/h7-12H,1-6H3;7-9H,1-6H3;1-3,8H. The van der Waals surface area contributed by atoms with Gasteiger partial charge in [0.15, 0.2) is 7.38 Å². The van der Waals surface area contributed by atoms with Crippen molar-refractivity contribution in [3.05, 3.63) is 45.9 Å². The molecule has 0 unspecified atom stereocenters. The molecule has 0 amide bonds. The molecule has 2 rings (SSSR count). The second kappa shape index (κ2) is 16.6. The van der Waals surface area contributed by atoms with E-state index in [1.807, 2.05) is 18.3 Å². The topological polar surface area (TPSA) is 55.2 Å². The molecule has 4 nitrogen and oxygen atoms in total. The molecular formula is C28H49Br2ClN2O2Si2. The molecule has 37 heavy (non-hydrogen) atoms. The van der Waals surface area contributed by atoms with Crippen LogP contribution in [-0.2, 0) is 0 Å². The van der Waals surface area contributed by atoms with Crippen molar-refractivity contribution in [2.45, 2.75) is 116 Å². The number of hydrogen-bond acceptors (Lipinski definition) is 4. The van der Waals surface area contributed by atoms with E-state index in [1.54, 1.807) is 12.1 Å². The summed E-state index contributed by atoms with van der Waals surface area (Å²) in [6.07, 6.45) is 3.20. The number of pyridine rings is 2. The predicted octanol–water partition coefficient (Wildman–Crippen LogP) is 11.3. The number of aromatic nitrogens is 2. The maximum Gasteiger partial charge on any atom is 0.258 e.